The highest BCUT2D eigenvalue weighted by Crippen LogP contribution is 2.25. The first-order valence-corrected chi connectivity index (χ1v) is 8.69. The second kappa shape index (κ2) is 6.67. The third kappa shape index (κ3) is 3.27. The van der Waals surface area contributed by atoms with E-state index in [9.17, 15) is 9.18 Å². The number of fused-ring (bicyclic) bond motifs is 1. The second-order valence-corrected chi connectivity index (χ2v) is 6.60. The number of nitrogens with one attached hydrogen (secondary N) is 1. The molecule has 3 heterocycles. The molecule has 3 aromatic rings. The van der Waals surface area contributed by atoms with Gasteiger partial charge in [0.2, 0.25) is 0 Å². The average Bonchev–Trinajstić information content (AvgIpc) is 3.26. The van der Waals surface area contributed by atoms with Gasteiger partial charge in [-0.3, -0.25) is 9.78 Å². The SMILES string of the molecule is O=C(c1cc2ccc(F)cc2[nH]1)N1CCCC1CCc1ccncc1. The summed E-state index contributed by atoms with van der Waals surface area (Å²) < 4.78 is 13.4. The lowest BCUT2D eigenvalue weighted by Crippen LogP contribution is -2.36. The molecule has 1 aliphatic rings. The largest absolute Gasteiger partial charge is 0.350 e. The predicted molar refractivity (Wildman–Crippen MR) is 94.9 cm³/mol. The van der Waals surface area contributed by atoms with Crippen molar-refractivity contribution in [2.75, 3.05) is 6.54 Å². The third-order valence-electron chi connectivity index (χ3n) is 4.97. The molecule has 1 N–H and O–H groups in total. The number of pyridine rings is 1. The van der Waals surface area contributed by atoms with E-state index in [1.807, 2.05) is 23.1 Å². The first-order chi connectivity index (χ1) is 12.2. The quantitative estimate of drug-likeness (QED) is 0.784. The van der Waals surface area contributed by atoms with E-state index in [1.54, 1.807) is 18.5 Å². The molecule has 5 heteroatoms. The van der Waals surface area contributed by atoms with Gasteiger partial charge in [0.05, 0.1) is 0 Å². The molecule has 0 radical (unpaired) electrons. The molecule has 0 spiro atoms. The highest BCUT2D eigenvalue weighted by Gasteiger charge is 2.29. The Hall–Kier alpha value is -2.69. The van der Waals surface area contributed by atoms with E-state index in [1.165, 1.54) is 17.7 Å². The Balaban J connectivity index is 1.49. The molecule has 1 aliphatic heterocycles. The minimum absolute atomic E-state index is 0.00818. The number of carbonyl (C=O) groups excluding carboxylic acids is 1. The van der Waals surface area contributed by atoms with Crippen LogP contribution in [0.25, 0.3) is 10.9 Å². The van der Waals surface area contributed by atoms with E-state index in [-0.39, 0.29) is 17.8 Å². The Labute approximate surface area is 145 Å². The van der Waals surface area contributed by atoms with Crippen molar-refractivity contribution in [1.82, 2.24) is 14.9 Å². The van der Waals surface area contributed by atoms with Gasteiger partial charge in [0.15, 0.2) is 0 Å². The fraction of sp³-hybridized carbons (Fsp3) is 0.300. The number of carbonyl (C=O) groups is 1. The number of hydrogen-bond acceptors (Lipinski definition) is 2. The Morgan fingerprint density at radius 2 is 2.08 bits per heavy atom. The van der Waals surface area contributed by atoms with Gasteiger partial charge in [0, 0.05) is 35.9 Å². The number of aromatic nitrogens is 2. The van der Waals surface area contributed by atoms with Crippen molar-refractivity contribution in [2.24, 2.45) is 0 Å². The molecule has 128 valence electrons. The molecule has 0 aliphatic carbocycles. The molecule has 4 nitrogen and oxygen atoms in total. The van der Waals surface area contributed by atoms with Gasteiger partial charge < -0.3 is 9.88 Å². The van der Waals surface area contributed by atoms with Crippen molar-refractivity contribution >= 4 is 16.8 Å². The lowest BCUT2D eigenvalue weighted by atomic mass is 10.0. The van der Waals surface area contributed by atoms with Crippen LogP contribution in [0, 0.1) is 5.82 Å². The summed E-state index contributed by atoms with van der Waals surface area (Å²) >= 11 is 0. The molecule has 1 atom stereocenters. The fourth-order valence-corrected chi connectivity index (χ4v) is 3.66. The minimum atomic E-state index is -0.301. The summed E-state index contributed by atoms with van der Waals surface area (Å²) in [4.78, 5) is 22.0. The number of aromatic amines is 1. The van der Waals surface area contributed by atoms with E-state index in [4.69, 9.17) is 0 Å². The van der Waals surface area contributed by atoms with E-state index < -0.39 is 0 Å². The smallest absolute Gasteiger partial charge is 0.270 e. The molecule has 1 amide bonds. The number of rotatable bonds is 4. The van der Waals surface area contributed by atoms with E-state index in [0.29, 0.717) is 11.2 Å². The molecule has 4 rings (SSSR count). The van der Waals surface area contributed by atoms with Gasteiger partial charge in [-0.1, -0.05) is 0 Å². The zero-order valence-corrected chi connectivity index (χ0v) is 13.9. The van der Waals surface area contributed by atoms with Crippen LogP contribution in [-0.2, 0) is 6.42 Å². The standard InChI is InChI=1S/C20H20FN3O/c21-16-5-4-15-12-19(23-18(15)13-16)20(25)24-11-1-2-17(24)6-3-14-7-9-22-10-8-14/h4-5,7-10,12-13,17,23H,1-3,6,11H2. The molecule has 25 heavy (non-hydrogen) atoms. The number of benzene rings is 1. The first kappa shape index (κ1) is 15.8. The maximum atomic E-state index is 13.4. The topological polar surface area (TPSA) is 49.0 Å². The zero-order valence-electron chi connectivity index (χ0n) is 13.9. The molecule has 1 fully saturated rings. The normalized spacial score (nSPS) is 17.3. The lowest BCUT2D eigenvalue weighted by molar-refractivity contribution is 0.0725. The number of nitrogens with zero attached hydrogens (tertiary/aromatic N) is 2. The maximum Gasteiger partial charge on any atom is 0.270 e. The summed E-state index contributed by atoms with van der Waals surface area (Å²) in [6, 6.07) is 10.7. The molecule has 0 bridgehead atoms. The first-order valence-electron chi connectivity index (χ1n) is 8.69. The predicted octanol–water partition coefficient (Wildman–Crippen LogP) is 3.94. The number of aryl methyl sites for hydroxylation is 1. The van der Waals surface area contributed by atoms with Crippen LogP contribution in [0.4, 0.5) is 4.39 Å². The van der Waals surface area contributed by atoms with Crippen LogP contribution in [0.5, 0.6) is 0 Å². The molecule has 1 aromatic carbocycles. The van der Waals surface area contributed by atoms with E-state index in [0.717, 1.165) is 37.6 Å². The van der Waals surface area contributed by atoms with Crippen molar-refractivity contribution in [2.45, 2.75) is 31.7 Å². The Morgan fingerprint density at radius 3 is 2.92 bits per heavy atom. The summed E-state index contributed by atoms with van der Waals surface area (Å²) in [5, 5.41) is 0.859. The maximum absolute atomic E-state index is 13.4. The number of H-pyrrole nitrogens is 1. The fourth-order valence-electron chi connectivity index (χ4n) is 3.66. The van der Waals surface area contributed by atoms with E-state index in [2.05, 4.69) is 9.97 Å². The van der Waals surface area contributed by atoms with Gasteiger partial charge in [-0.25, -0.2) is 4.39 Å². The number of halogens is 1. The average molecular weight is 337 g/mol. The Kier molecular flexibility index (Phi) is 4.22. The second-order valence-electron chi connectivity index (χ2n) is 6.60. The summed E-state index contributed by atoms with van der Waals surface area (Å²) in [5.74, 6) is -0.293. The lowest BCUT2D eigenvalue weighted by Gasteiger charge is -2.24. The summed E-state index contributed by atoms with van der Waals surface area (Å²) in [5.41, 5.74) is 2.45. The van der Waals surface area contributed by atoms with Gasteiger partial charge in [0.1, 0.15) is 11.5 Å². The van der Waals surface area contributed by atoms with Crippen molar-refractivity contribution in [3.8, 4) is 0 Å². The van der Waals surface area contributed by atoms with Gasteiger partial charge >= 0.3 is 0 Å². The van der Waals surface area contributed by atoms with Gasteiger partial charge in [-0.05, 0) is 67.6 Å². The third-order valence-corrected chi connectivity index (χ3v) is 4.97. The van der Waals surface area contributed by atoms with Gasteiger partial charge in [-0.2, -0.15) is 0 Å². The minimum Gasteiger partial charge on any atom is -0.350 e. The van der Waals surface area contributed by atoms with Crippen molar-refractivity contribution in [3.63, 3.8) is 0 Å². The summed E-state index contributed by atoms with van der Waals surface area (Å²) in [6.45, 7) is 0.781. The molecule has 0 saturated carbocycles. The van der Waals surface area contributed by atoms with Crippen LogP contribution < -0.4 is 0 Å². The van der Waals surface area contributed by atoms with Gasteiger partial charge in [0.25, 0.3) is 5.91 Å². The number of hydrogen-bond donors (Lipinski definition) is 1. The van der Waals surface area contributed by atoms with Gasteiger partial charge in [-0.15, -0.1) is 0 Å². The highest BCUT2D eigenvalue weighted by molar-refractivity contribution is 5.98. The van der Waals surface area contributed by atoms with Crippen LogP contribution in [0.2, 0.25) is 0 Å². The van der Waals surface area contributed by atoms with Crippen molar-refractivity contribution < 1.29 is 9.18 Å². The van der Waals surface area contributed by atoms with Crippen LogP contribution in [0.1, 0.15) is 35.3 Å². The molecule has 1 saturated heterocycles. The van der Waals surface area contributed by atoms with Crippen molar-refractivity contribution in [1.29, 1.82) is 0 Å². The number of amides is 1. The highest BCUT2D eigenvalue weighted by atomic mass is 19.1. The van der Waals surface area contributed by atoms with Crippen LogP contribution in [0.15, 0.2) is 48.8 Å². The summed E-state index contributed by atoms with van der Waals surface area (Å²) in [6.07, 6.45) is 7.56. The van der Waals surface area contributed by atoms with E-state index >= 15 is 0 Å². The van der Waals surface area contributed by atoms with Crippen LogP contribution in [-0.4, -0.2) is 33.4 Å². The molecule has 1 unspecified atom stereocenters. The monoisotopic (exact) mass is 337 g/mol. The molecular formula is C20H20FN3O. The molecular weight excluding hydrogens is 317 g/mol. The van der Waals surface area contributed by atoms with Crippen LogP contribution in [0.3, 0.4) is 0 Å². The van der Waals surface area contributed by atoms with Crippen LogP contribution >= 0.6 is 0 Å². The number of likely N-dealkylation sites (tertiary alicyclic amines) is 1. The Bertz CT molecular complexity index is 890. The summed E-state index contributed by atoms with van der Waals surface area (Å²) in [7, 11) is 0. The van der Waals surface area contributed by atoms with Crippen molar-refractivity contribution in [3.05, 3.63) is 65.9 Å². The Morgan fingerprint density at radius 1 is 1.24 bits per heavy atom. The molecule has 2 aromatic heterocycles. The zero-order chi connectivity index (χ0) is 17.2.